The maximum atomic E-state index is 12.5. The van der Waals surface area contributed by atoms with E-state index in [2.05, 4.69) is 9.97 Å². The Hall–Kier alpha value is -3.06. The van der Waals surface area contributed by atoms with Gasteiger partial charge in [0.1, 0.15) is 17.2 Å². The third-order valence-corrected chi connectivity index (χ3v) is 4.76. The van der Waals surface area contributed by atoms with Gasteiger partial charge < -0.3 is 19.6 Å². The maximum Gasteiger partial charge on any atom is 0.415 e. The summed E-state index contributed by atoms with van der Waals surface area (Å²) in [5.41, 5.74) is 3.42. The second-order valence-electron chi connectivity index (χ2n) is 7.04. The van der Waals surface area contributed by atoms with E-state index in [1.165, 1.54) is 0 Å². The van der Waals surface area contributed by atoms with Crippen molar-refractivity contribution in [3.8, 4) is 17.1 Å². The van der Waals surface area contributed by atoms with Crippen LogP contribution in [0.2, 0.25) is 0 Å². The van der Waals surface area contributed by atoms with Crippen LogP contribution in [0.15, 0.2) is 36.4 Å². The number of nitrogens with one attached hydrogen (secondary N) is 1. The number of hydrogen-bond acceptors (Lipinski definition) is 5. The van der Waals surface area contributed by atoms with Crippen molar-refractivity contribution in [2.75, 3.05) is 25.2 Å². The molecule has 0 unspecified atom stereocenters. The number of aromatic amines is 1. The number of imidazole rings is 1. The average molecular weight is 367 g/mol. The van der Waals surface area contributed by atoms with E-state index in [-0.39, 0.29) is 5.75 Å². The number of nitrogens with zero attached hydrogens (tertiary/aromatic N) is 2. The van der Waals surface area contributed by atoms with Gasteiger partial charge in [0, 0.05) is 18.2 Å². The average Bonchev–Trinajstić information content (AvgIpc) is 3.03. The van der Waals surface area contributed by atoms with Gasteiger partial charge in [0.25, 0.3) is 0 Å². The molecule has 1 amide bonds. The summed E-state index contributed by atoms with van der Waals surface area (Å²) >= 11 is 0. The first-order chi connectivity index (χ1) is 12.9. The quantitative estimate of drug-likeness (QED) is 0.733. The molecule has 0 aliphatic carbocycles. The van der Waals surface area contributed by atoms with Crippen molar-refractivity contribution in [3.63, 3.8) is 0 Å². The number of phenolic OH excluding ortho intramolecular Hbond substituents is 1. The number of H-pyrrole nitrogens is 1. The standard InChI is InChI=1S/C20H21N3O4/c1-20(2)14-10-15-16(11-17(14)23(8-9-26-3)19(25)27-20)22-18(21-15)12-4-6-13(24)7-5-12/h4-7,10-11,24H,8-9H2,1-3H3,(H,21,22). The van der Waals surface area contributed by atoms with Crippen molar-refractivity contribution in [2.45, 2.75) is 19.4 Å². The lowest BCUT2D eigenvalue weighted by atomic mass is 9.93. The van der Waals surface area contributed by atoms with Crippen molar-refractivity contribution in [1.82, 2.24) is 9.97 Å². The van der Waals surface area contributed by atoms with E-state index in [4.69, 9.17) is 9.47 Å². The monoisotopic (exact) mass is 367 g/mol. The Morgan fingerprint density at radius 3 is 2.70 bits per heavy atom. The van der Waals surface area contributed by atoms with Crippen LogP contribution in [0, 0.1) is 0 Å². The van der Waals surface area contributed by atoms with Crippen LogP contribution in [0.5, 0.6) is 5.75 Å². The highest BCUT2D eigenvalue weighted by molar-refractivity contribution is 5.96. The van der Waals surface area contributed by atoms with Crippen LogP contribution in [0.4, 0.5) is 10.5 Å². The molecule has 7 heteroatoms. The fourth-order valence-corrected chi connectivity index (χ4v) is 3.33. The summed E-state index contributed by atoms with van der Waals surface area (Å²) in [5.74, 6) is 0.900. The Kier molecular flexibility index (Phi) is 4.04. The van der Waals surface area contributed by atoms with Crippen molar-refractivity contribution in [1.29, 1.82) is 0 Å². The number of fused-ring (bicyclic) bond motifs is 2. The van der Waals surface area contributed by atoms with Crippen molar-refractivity contribution in [2.24, 2.45) is 0 Å². The molecular formula is C20H21N3O4. The summed E-state index contributed by atoms with van der Waals surface area (Å²) in [6.45, 7) is 4.56. The van der Waals surface area contributed by atoms with E-state index in [1.54, 1.807) is 36.3 Å². The number of aromatic hydroxyl groups is 1. The van der Waals surface area contributed by atoms with Crippen LogP contribution in [-0.2, 0) is 15.1 Å². The molecule has 27 heavy (non-hydrogen) atoms. The first-order valence-corrected chi connectivity index (χ1v) is 8.72. The number of rotatable bonds is 4. The van der Waals surface area contributed by atoms with Gasteiger partial charge in [-0.2, -0.15) is 0 Å². The molecule has 0 radical (unpaired) electrons. The molecule has 7 nitrogen and oxygen atoms in total. The van der Waals surface area contributed by atoms with Gasteiger partial charge in [-0.05, 0) is 50.2 Å². The minimum absolute atomic E-state index is 0.205. The SMILES string of the molecule is COCCN1C(=O)OC(C)(C)c2cc3[nH]c(-c4ccc(O)cc4)nc3cc21. The molecule has 0 spiro atoms. The molecule has 0 saturated carbocycles. The first kappa shape index (κ1) is 17.4. The van der Waals surface area contributed by atoms with Gasteiger partial charge >= 0.3 is 6.09 Å². The van der Waals surface area contributed by atoms with E-state index in [1.807, 2.05) is 26.0 Å². The van der Waals surface area contributed by atoms with Crippen LogP contribution >= 0.6 is 0 Å². The van der Waals surface area contributed by atoms with Gasteiger partial charge in [0.2, 0.25) is 0 Å². The summed E-state index contributed by atoms with van der Waals surface area (Å²) in [4.78, 5) is 22.0. The Morgan fingerprint density at radius 2 is 2.00 bits per heavy atom. The highest BCUT2D eigenvalue weighted by Crippen LogP contribution is 2.41. The van der Waals surface area contributed by atoms with Crippen molar-refractivity contribution in [3.05, 3.63) is 42.0 Å². The fourth-order valence-electron chi connectivity index (χ4n) is 3.33. The van der Waals surface area contributed by atoms with E-state index in [9.17, 15) is 9.90 Å². The summed E-state index contributed by atoms with van der Waals surface area (Å²) in [5, 5.41) is 9.48. The summed E-state index contributed by atoms with van der Waals surface area (Å²) in [6, 6.07) is 10.7. The molecule has 0 bridgehead atoms. The van der Waals surface area contributed by atoms with Crippen LogP contribution in [0.1, 0.15) is 19.4 Å². The predicted molar refractivity (Wildman–Crippen MR) is 102 cm³/mol. The molecule has 2 N–H and O–H groups in total. The molecule has 1 aliphatic rings. The fraction of sp³-hybridized carbons (Fsp3) is 0.300. The maximum absolute atomic E-state index is 12.5. The zero-order valence-electron chi connectivity index (χ0n) is 15.4. The largest absolute Gasteiger partial charge is 0.508 e. The smallest absolute Gasteiger partial charge is 0.415 e. The van der Waals surface area contributed by atoms with Crippen LogP contribution in [0.25, 0.3) is 22.4 Å². The van der Waals surface area contributed by atoms with Gasteiger partial charge in [-0.1, -0.05) is 0 Å². The predicted octanol–water partition coefficient (Wildman–Crippen LogP) is 3.77. The number of carbonyl (C=O) groups is 1. The minimum atomic E-state index is -0.742. The van der Waals surface area contributed by atoms with Crippen molar-refractivity contribution >= 4 is 22.8 Å². The number of carbonyl (C=O) groups excluding carboxylic acids is 1. The van der Waals surface area contributed by atoms with E-state index >= 15 is 0 Å². The number of aromatic nitrogens is 2. The van der Waals surface area contributed by atoms with Crippen molar-refractivity contribution < 1.29 is 19.4 Å². The molecule has 140 valence electrons. The Balaban J connectivity index is 1.84. The molecule has 4 rings (SSSR count). The number of methoxy groups -OCH3 is 1. The summed E-state index contributed by atoms with van der Waals surface area (Å²) in [7, 11) is 1.60. The van der Waals surface area contributed by atoms with Crippen LogP contribution < -0.4 is 4.90 Å². The van der Waals surface area contributed by atoms with Crippen LogP contribution in [-0.4, -0.2) is 41.4 Å². The Bertz CT molecular complexity index is 1010. The molecule has 1 aliphatic heterocycles. The number of phenols is 1. The highest BCUT2D eigenvalue weighted by Gasteiger charge is 2.38. The zero-order valence-corrected chi connectivity index (χ0v) is 15.4. The Labute approximate surface area is 156 Å². The highest BCUT2D eigenvalue weighted by atomic mass is 16.6. The lowest BCUT2D eigenvalue weighted by molar-refractivity contribution is 0.0340. The third kappa shape index (κ3) is 3.00. The lowest BCUT2D eigenvalue weighted by Gasteiger charge is -2.38. The summed E-state index contributed by atoms with van der Waals surface area (Å²) in [6.07, 6.45) is -0.391. The molecule has 0 fully saturated rings. The number of amides is 1. The van der Waals surface area contributed by atoms with Gasteiger partial charge in [0.05, 0.1) is 29.9 Å². The second kappa shape index (κ2) is 6.28. The van der Waals surface area contributed by atoms with Gasteiger partial charge in [-0.3, -0.25) is 4.90 Å². The van der Waals surface area contributed by atoms with Gasteiger partial charge in [-0.25, -0.2) is 9.78 Å². The molecule has 0 saturated heterocycles. The zero-order chi connectivity index (χ0) is 19.2. The molecule has 2 aromatic carbocycles. The Morgan fingerprint density at radius 1 is 1.26 bits per heavy atom. The van der Waals surface area contributed by atoms with Crippen LogP contribution in [0.3, 0.4) is 0 Å². The molecule has 1 aromatic heterocycles. The first-order valence-electron chi connectivity index (χ1n) is 8.72. The third-order valence-electron chi connectivity index (χ3n) is 4.76. The lowest BCUT2D eigenvalue weighted by Crippen LogP contribution is -2.44. The number of cyclic esters (lactones) is 1. The van der Waals surface area contributed by atoms with E-state index in [0.29, 0.717) is 19.0 Å². The molecule has 0 atom stereocenters. The molecule has 2 heterocycles. The van der Waals surface area contributed by atoms with Gasteiger partial charge in [-0.15, -0.1) is 0 Å². The summed E-state index contributed by atoms with van der Waals surface area (Å²) < 4.78 is 10.8. The van der Waals surface area contributed by atoms with E-state index < -0.39 is 11.7 Å². The second-order valence-corrected chi connectivity index (χ2v) is 7.04. The number of ether oxygens (including phenoxy) is 2. The number of anilines is 1. The normalized spacial score (nSPS) is 15.7. The topological polar surface area (TPSA) is 87.7 Å². The van der Waals surface area contributed by atoms with Gasteiger partial charge in [0.15, 0.2) is 0 Å². The van der Waals surface area contributed by atoms with E-state index in [0.717, 1.165) is 27.8 Å². The minimum Gasteiger partial charge on any atom is -0.508 e. The number of benzene rings is 2. The molecule has 3 aromatic rings. The molecular weight excluding hydrogens is 346 g/mol. The number of hydrogen-bond donors (Lipinski definition) is 2.